The Labute approximate surface area is 101 Å². The van der Waals surface area contributed by atoms with E-state index in [1.807, 2.05) is 0 Å². The van der Waals surface area contributed by atoms with Gasteiger partial charge in [0.05, 0.1) is 13.2 Å². The van der Waals surface area contributed by atoms with Crippen molar-refractivity contribution in [3.05, 3.63) is 0 Å². The van der Waals surface area contributed by atoms with Crippen LogP contribution < -0.4 is 5.32 Å². The maximum absolute atomic E-state index is 11.6. The van der Waals surface area contributed by atoms with Crippen molar-refractivity contribution < 1.29 is 19.4 Å². The first kappa shape index (κ1) is 13.9. The number of amides is 2. The summed E-state index contributed by atoms with van der Waals surface area (Å²) in [5.74, 6) is -1.02. The molecular formula is C11H20N2O4. The zero-order valence-electron chi connectivity index (χ0n) is 9.98. The van der Waals surface area contributed by atoms with Crippen LogP contribution in [0, 0.1) is 0 Å². The average molecular weight is 244 g/mol. The summed E-state index contributed by atoms with van der Waals surface area (Å²) in [6.45, 7) is 2.61. The second kappa shape index (κ2) is 8.03. The van der Waals surface area contributed by atoms with Crippen LogP contribution in [0.25, 0.3) is 0 Å². The number of aliphatic hydroxyl groups excluding tert-OH is 1. The third kappa shape index (κ3) is 5.14. The number of hydrogen-bond donors (Lipinski definition) is 2. The van der Waals surface area contributed by atoms with Crippen molar-refractivity contribution in [2.24, 2.45) is 0 Å². The highest BCUT2D eigenvalue weighted by molar-refractivity contribution is 6.35. The third-order valence-electron chi connectivity index (χ3n) is 2.61. The summed E-state index contributed by atoms with van der Waals surface area (Å²) in [4.78, 5) is 24.6. The Balaban J connectivity index is 2.15. The minimum absolute atomic E-state index is 0.167. The molecule has 0 aromatic carbocycles. The van der Waals surface area contributed by atoms with Crippen molar-refractivity contribution in [3.8, 4) is 0 Å². The maximum atomic E-state index is 11.6. The molecule has 1 rings (SSSR count). The van der Waals surface area contributed by atoms with Crippen LogP contribution in [0.2, 0.25) is 0 Å². The van der Waals surface area contributed by atoms with Crippen LogP contribution in [0.5, 0.6) is 0 Å². The number of morpholine rings is 1. The molecule has 1 saturated heterocycles. The van der Waals surface area contributed by atoms with E-state index in [0.717, 1.165) is 19.3 Å². The first-order valence-electron chi connectivity index (χ1n) is 6.01. The van der Waals surface area contributed by atoms with Gasteiger partial charge in [0.25, 0.3) is 0 Å². The largest absolute Gasteiger partial charge is 0.396 e. The summed E-state index contributed by atoms with van der Waals surface area (Å²) in [6, 6.07) is 0. The molecule has 0 saturated carbocycles. The monoisotopic (exact) mass is 244 g/mol. The number of unbranched alkanes of at least 4 members (excludes halogenated alkanes) is 2. The van der Waals surface area contributed by atoms with E-state index in [1.54, 1.807) is 0 Å². The molecule has 6 nitrogen and oxygen atoms in total. The number of hydrogen-bond acceptors (Lipinski definition) is 4. The minimum atomic E-state index is -0.545. The molecular weight excluding hydrogens is 224 g/mol. The molecule has 0 spiro atoms. The topological polar surface area (TPSA) is 78.9 Å². The van der Waals surface area contributed by atoms with Gasteiger partial charge in [-0.25, -0.2) is 0 Å². The lowest BCUT2D eigenvalue weighted by atomic mass is 10.2. The quantitative estimate of drug-likeness (QED) is 0.486. The molecule has 1 heterocycles. The first-order chi connectivity index (χ1) is 8.25. The van der Waals surface area contributed by atoms with Gasteiger partial charge in [0.1, 0.15) is 0 Å². The number of carbonyl (C=O) groups excluding carboxylic acids is 2. The highest BCUT2D eigenvalue weighted by Gasteiger charge is 2.22. The number of nitrogens with one attached hydrogen (secondary N) is 1. The lowest BCUT2D eigenvalue weighted by Crippen LogP contribution is -2.48. The molecule has 1 aliphatic heterocycles. The highest BCUT2D eigenvalue weighted by Crippen LogP contribution is 1.98. The fourth-order valence-electron chi connectivity index (χ4n) is 1.60. The van der Waals surface area contributed by atoms with Gasteiger partial charge in [0.2, 0.25) is 0 Å². The molecule has 2 N–H and O–H groups in total. The Hall–Kier alpha value is -1.14. The van der Waals surface area contributed by atoms with Crippen LogP contribution in [0.3, 0.4) is 0 Å². The summed E-state index contributed by atoms with van der Waals surface area (Å²) in [5.41, 5.74) is 0. The van der Waals surface area contributed by atoms with Crippen LogP contribution in [0.15, 0.2) is 0 Å². The summed E-state index contributed by atoms with van der Waals surface area (Å²) >= 11 is 0. The molecule has 6 heteroatoms. The first-order valence-corrected chi connectivity index (χ1v) is 6.01. The van der Waals surface area contributed by atoms with E-state index in [0.29, 0.717) is 32.8 Å². The van der Waals surface area contributed by atoms with Crippen LogP contribution in [0.4, 0.5) is 0 Å². The predicted octanol–water partition coefficient (Wildman–Crippen LogP) is -0.876. The Morgan fingerprint density at radius 2 is 1.88 bits per heavy atom. The zero-order valence-corrected chi connectivity index (χ0v) is 9.98. The van der Waals surface area contributed by atoms with Gasteiger partial charge in [-0.05, 0) is 19.3 Å². The van der Waals surface area contributed by atoms with Crippen LogP contribution >= 0.6 is 0 Å². The van der Waals surface area contributed by atoms with E-state index in [4.69, 9.17) is 9.84 Å². The highest BCUT2D eigenvalue weighted by atomic mass is 16.5. The molecule has 98 valence electrons. The number of aliphatic hydroxyl groups is 1. The van der Waals surface area contributed by atoms with Gasteiger partial charge >= 0.3 is 11.8 Å². The van der Waals surface area contributed by atoms with Gasteiger partial charge in [-0.2, -0.15) is 0 Å². The molecule has 0 aliphatic carbocycles. The van der Waals surface area contributed by atoms with Gasteiger partial charge in [-0.15, -0.1) is 0 Å². The molecule has 2 amide bonds. The molecule has 0 atom stereocenters. The van der Waals surface area contributed by atoms with Gasteiger partial charge in [-0.1, -0.05) is 0 Å². The fraction of sp³-hybridized carbons (Fsp3) is 0.818. The lowest BCUT2D eigenvalue weighted by Gasteiger charge is -2.26. The number of nitrogens with zero attached hydrogens (tertiary/aromatic N) is 1. The second-order valence-corrected chi connectivity index (χ2v) is 3.94. The normalized spacial score (nSPS) is 15.7. The predicted molar refractivity (Wildman–Crippen MR) is 61.3 cm³/mol. The Bertz CT molecular complexity index is 252. The number of carbonyl (C=O) groups is 2. The number of ether oxygens (including phenoxy) is 1. The Kier molecular flexibility index (Phi) is 6.57. The van der Waals surface area contributed by atoms with E-state index >= 15 is 0 Å². The van der Waals surface area contributed by atoms with Crippen molar-refractivity contribution in [1.29, 1.82) is 0 Å². The van der Waals surface area contributed by atoms with Crippen molar-refractivity contribution in [2.75, 3.05) is 39.5 Å². The summed E-state index contributed by atoms with van der Waals surface area (Å²) in [6.07, 6.45) is 2.36. The summed E-state index contributed by atoms with van der Waals surface area (Å²) < 4.78 is 5.11. The van der Waals surface area contributed by atoms with Crippen molar-refractivity contribution in [3.63, 3.8) is 0 Å². The number of rotatable bonds is 5. The van der Waals surface area contributed by atoms with Gasteiger partial charge in [-0.3, -0.25) is 9.59 Å². The van der Waals surface area contributed by atoms with Gasteiger partial charge in [0, 0.05) is 26.2 Å². The molecule has 0 unspecified atom stereocenters. The summed E-state index contributed by atoms with van der Waals surface area (Å²) in [5, 5.41) is 11.2. The Morgan fingerprint density at radius 1 is 1.18 bits per heavy atom. The molecule has 0 bridgehead atoms. The van der Waals surface area contributed by atoms with Crippen molar-refractivity contribution in [1.82, 2.24) is 10.2 Å². The van der Waals surface area contributed by atoms with Crippen molar-refractivity contribution in [2.45, 2.75) is 19.3 Å². The lowest BCUT2D eigenvalue weighted by molar-refractivity contribution is -0.148. The maximum Gasteiger partial charge on any atom is 0.312 e. The van der Waals surface area contributed by atoms with E-state index < -0.39 is 11.8 Å². The van der Waals surface area contributed by atoms with E-state index in [-0.39, 0.29) is 6.61 Å². The van der Waals surface area contributed by atoms with Crippen molar-refractivity contribution >= 4 is 11.8 Å². The van der Waals surface area contributed by atoms with E-state index in [1.165, 1.54) is 4.90 Å². The van der Waals surface area contributed by atoms with Crippen LogP contribution in [-0.2, 0) is 14.3 Å². The van der Waals surface area contributed by atoms with Gasteiger partial charge < -0.3 is 20.1 Å². The van der Waals surface area contributed by atoms with Crippen LogP contribution in [-0.4, -0.2) is 61.3 Å². The summed E-state index contributed by atoms with van der Waals surface area (Å²) in [7, 11) is 0. The van der Waals surface area contributed by atoms with Crippen LogP contribution in [0.1, 0.15) is 19.3 Å². The van der Waals surface area contributed by atoms with E-state index in [9.17, 15) is 9.59 Å². The average Bonchev–Trinajstić information content (AvgIpc) is 2.38. The van der Waals surface area contributed by atoms with Gasteiger partial charge in [0.15, 0.2) is 0 Å². The SMILES string of the molecule is O=C(NCCCCCO)C(=O)N1CCOCC1. The zero-order chi connectivity index (χ0) is 12.5. The minimum Gasteiger partial charge on any atom is -0.396 e. The standard InChI is InChI=1S/C11H20N2O4/c14-7-3-1-2-4-12-10(15)11(16)13-5-8-17-9-6-13/h14H,1-9H2,(H,12,15). The molecule has 17 heavy (non-hydrogen) atoms. The molecule has 0 aromatic rings. The fourth-order valence-corrected chi connectivity index (χ4v) is 1.60. The molecule has 1 aliphatic rings. The third-order valence-corrected chi connectivity index (χ3v) is 2.61. The Morgan fingerprint density at radius 3 is 2.53 bits per heavy atom. The second-order valence-electron chi connectivity index (χ2n) is 3.94. The smallest absolute Gasteiger partial charge is 0.312 e. The molecule has 1 fully saturated rings. The molecule has 0 aromatic heterocycles. The van der Waals surface area contributed by atoms with E-state index in [2.05, 4.69) is 5.32 Å². The molecule has 0 radical (unpaired) electrons.